The van der Waals surface area contributed by atoms with Crippen molar-refractivity contribution in [3.63, 3.8) is 0 Å². The van der Waals surface area contributed by atoms with E-state index >= 15 is 0 Å². The van der Waals surface area contributed by atoms with Gasteiger partial charge >= 0.3 is 0 Å². The van der Waals surface area contributed by atoms with Crippen LogP contribution < -0.4 is 4.74 Å². The number of fused-ring (bicyclic) bond motifs is 1. The van der Waals surface area contributed by atoms with Crippen LogP contribution in [-0.2, 0) is 10.7 Å². The summed E-state index contributed by atoms with van der Waals surface area (Å²) in [6.07, 6.45) is 0.788. The highest BCUT2D eigenvalue weighted by molar-refractivity contribution is 6.17. The summed E-state index contributed by atoms with van der Waals surface area (Å²) in [5.41, 5.74) is 1.73. The summed E-state index contributed by atoms with van der Waals surface area (Å²) in [4.78, 5) is 18.5. The van der Waals surface area contributed by atoms with E-state index in [1.807, 2.05) is 29.8 Å². The Labute approximate surface area is 122 Å². The number of hydrogen-bond acceptors (Lipinski definition) is 3. The van der Waals surface area contributed by atoms with E-state index in [2.05, 4.69) is 4.98 Å². The zero-order chi connectivity index (χ0) is 14.3. The Kier molecular flexibility index (Phi) is 3.30. The normalized spacial score (nSPS) is 19.1. The highest BCUT2D eigenvalue weighted by Crippen LogP contribution is 2.30. The van der Waals surface area contributed by atoms with E-state index in [4.69, 9.17) is 16.3 Å². The molecule has 1 aromatic heterocycles. The third kappa shape index (κ3) is 1.93. The van der Waals surface area contributed by atoms with Crippen LogP contribution in [0.15, 0.2) is 18.2 Å². The van der Waals surface area contributed by atoms with Crippen molar-refractivity contribution in [1.29, 1.82) is 0 Å². The van der Waals surface area contributed by atoms with E-state index in [0.29, 0.717) is 0 Å². The van der Waals surface area contributed by atoms with Crippen molar-refractivity contribution in [2.24, 2.45) is 0 Å². The minimum absolute atomic E-state index is 0.117. The molecule has 0 aliphatic carbocycles. The van der Waals surface area contributed by atoms with E-state index in [9.17, 15) is 4.79 Å². The maximum absolute atomic E-state index is 12.2. The topological polar surface area (TPSA) is 47.4 Å². The highest BCUT2D eigenvalue weighted by atomic mass is 35.5. The number of likely N-dealkylation sites (tertiary alicyclic amines) is 1. The van der Waals surface area contributed by atoms with Gasteiger partial charge in [0.05, 0.1) is 24.0 Å². The lowest BCUT2D eigenvalue weighted by atomic mass is 10.2. The number of benzene rings is 1. The molecule has 5 nitrogen and oxygen atoms in total. The third-order valence-electron chi connectivity index (χ3n) is 3.80. The summed E-state index contributed by atoms with van der Waals surface area (Å²) in [7, 11) is 3.45. The van der Waals surface area contributed by atoms with Gasteiger partial charge in [0.25, 0.3) is 0 Å². The highest BCUT2D eigenvalue weighted by Gasteiger charge is 2.33. The first-order valence-corrected chi connectivity index (χ1v) is 7.05. The summed E-state index contributed by atoms with van der Waals surface area (Å²) in [5, 5.41) is 0. The van der Waals surface area contributed by atoms with Gasteiger partial charge in [-0.15, -0.1) is 11.6 Å². The fourth-order valence-electron chi connectivity index (χ4n) is 2.74. The molecule has 2 heterocycles. The summed E-state index contributed by atoms with van der Waals surface area (Å²) in [5.74, 6) is 1.87. The molecular formula is C14H16ClN3O2. The molecule has 1 aliphatic rings. The van der Waals surface area contributed by atoms with Crippen molar-refractivity contribution >= 4 is 28.5 Å². The number of ether oxygens (including phenoxy) is 1. The summed E-state index contributed by atoms with van der Waals surface area (Å²) in [6, 6.07) is 5.47. The second-order valence-corrected chi connectivity index (χ2v) is 5.22. The van der Waals surface area contributed by atoms with Crippen molar-refractivity contribution < 1.29 is 9.53 Å². The molecule has 1 saturated heterocycles. The van der Waals surface area contributed by atoms with Crippen LogP contribution in [0.5, 0.6) is 5.75 Å². The molecular weight excluding hydrogens is 278 g/mol. The molecule has 1 atom stereocenters. The molecule has 2 aromatic rings. The smallest absolute Gasteiger partial charge is 0.245 e. The lowest BCUT2D eigenvalue weighted by molar-refractivity contribution is -0.129. The molecule has 0 radical (unpaired) electrons. The Hall–Kier alpha value is -1.75. The fourth-order valence-corrected chi connectivity index (χ4v) is 2.93. The Morgan fingerprint density at radius 2 is 2.30 bits per heavy atom. The number of aromatic nitrogens is 2. The first-order chi connectivity index (χ1) is 9.65. The van der Waals surface area contributed by atoms with E-state index in [1.54, 1.807) is 12.0 Å². The Morgan fingerprint density at radius 1 is 1.50 bits per heavy atom. The third-order valence-corrected chi connectivity index (χ3v) is 4.04. The van der Waals surface area contributed by atoms with E-state index < -0.39 is 0 Å². The van der Waals surface area contributed by atoms with Gasteiger partial charge < -0.3 is 14.2 Å². The molecule has 1 fully saturated rings. The van der Waals surface area contributed by atoms with Gasteiger partial charge in [-0.1, -0.05) is 0 Å². The minimum atomic E-state index is -0.202. The fraction of sp³-hybridized carbons (Fsp3) is 0.429. The average Bonchev–Trinajstić information content (AvgIpc) is 2.99. The lowest BCUT2D eigenvalue weighted by Crippen LogP contribution is -2.25. The van der Waals surface area contributed by atoms with Gasteiger partial charge in [0, 0.05) is 19.7 Å². The predicted molar refractivity (Wildman–Crippen MR) is 77.1 cm³/mol. The number of likely N-dealkylation sites (N-methyl/N-ethyl adjacent to an activating group) is 1. The number of carbonyl (C=O) groups excluding carboxylic acids is 1. The summed E-state index contributed by atoms with van der Waals surface area (Å²) in [6.45, 7) is 0.765. The molecule has 106 valence electrons. The number of nitrogens with zero attached hydrogens (tertiary/aromatic N) is 3. The van der Waals surface area contributed by atoms with Crippen LogP contribution in [0.4, 0.5) is 0 Å². The van der Waals surface area contributed by atoms with E-state index in [1.165, 1.54) is 0 Å². The molecule has 0 bridgehead atoms. The van der Waals surface area contributed by atoms with Gasteiger partial charge in [0.15, 0.2) is 0 Å². The van der Waals surface area contributed by atoms with Crippen molar-refractivity contribution in [3.05, 3.63) is 24.0 Å². The molecule has 0 saturated carbocycles. The number of alkyl halides is 1. The second-order valence-electron chi connectivity index (χ2n) is 4.95. The number of imidazole rings is 1. The standard InChI is InChI=1S/C14H16ClN3O2/c1-17-6-5-12(14(17)19)18-11-4-3-9(20-2)7-10(11)16-13(18)8-15/h3-4,7,12H,5-6,8H2,1-2H3. The monoisotopic (exact) mass is 293 g/mol. The largest absolute Gasteiger partial charge is 0.497 e. The van der Waals surface area contributed by atoms with Gasteiger partial charge in [-0.2, -0.15) is 0 Å². The van der Waals surface area contributed by atoms with Gasteiger partial charge in [0.1, 0.15) is 17.6 Å². The molecule has 1 aromatic carbocycles. The van der Waals surface area contributed by atoms with Crippen LogP contribution in [0.25, 0.3) is 11.0 Å². The molecule has 1 amide bonds. The van der Waals surface area contributed by atoms with Gasteiger partial charge in [-0.05, 0) is 18.6 Å². The van der Waals surface area contributed by atoms with Crippen molar-refractivity contribution in [2.45, 2.75) is 18.3 Å². The average molecular weight is 294 g/mol. The van der Waals surface area contributed by atoms with Crippen LogP contribution >= 0.6 is 11.6 Å². The zero-order valence-electron chi connectivity index (χ0n) is 11.5. The van der Waals surface area contributed by atoms with Gasteiger partial charge in [0.2, 0.25) is 5.91 Å². The molecule has 0 N–H and O–H groups in total. The number of amides is 1. The van der Waals surface area contributed by atoms with Gasteiger partial charge in [-0.3, -0.25) is 4.79 Å². The Balaban J connectivity index is 2.16. The van der Waals surface area contributed by atoms with Crippen LogP contribution in [0.3, 0.4) is 0 Å². The van der Waals surface area contributed by atoms with Crippen LogP contribution in [0.1, 0.15) is 18.3 Å². The Bertz CT molecular complexity index is 668. The van der Waals surface area contributed by atoms with Crippen molar-refractivity contribution in [3.8, 4) is 5.75 Å². The molecule has 1 unspecified atom stereocenters. The quantitative estimate of drug-likeness (QED) is 0.815. The van der Waals surface area contributed by atoms with Crippen molar-refractivity contribution in [2.75, 3.05) is 20.7 Å². The van der Waals surface area contributed by atoms with Crippen molar-refractivity contribution in [1.82, 2.24) is 14.5 Å². The second kappa shape index (κ2) is 4.98. The zero-order valence-corrected chi connectivity index (χ0v) is 12.2. The maximum atomic E-state index is 12.2. The molecule has 3 rings (SSSR count). The molecule has 0 spiro atoms. The molecule has 6 heteroatoms. The van der Waals surface area contributed by atoms with E-state index in [-0.39, 0.29) is 17.8 Å². The first kappa shape index (κ1) is 13.2. The van der Waals surface area contributed by atoms with Crippen LogP contribution in [-0.4, -0.2) is 41.1 Å². The van der Waals surface area contributed by atoms with Gasteiger partial charge in [-0.25, -0.2) is 4.98 Å². The minimum Gasteiger partial charge on any atom is -0.497 e. The summed E-state index contributed by atoms with van der Waals surface area (Å²) >= 11 is 6.00. The maximum Gasteiger partial charge on any atom is 0.245 e. The number of halogens is 1. The number of methoxy groups -OCH3 is 1. The summed E-state index contributed by atoms with van der Waals surface area (Å²) < 4.78 is 7.18. The predicted octanol–water partition coefficient (Wildman–Crippen LogP) is 2.19. The van der Waals surface area contributed by atoms with E-state index in [0.717, 1.165) is 35.6 Å². The number of rotatable bonds is 3. The Morgan fingerprint density at radius 3 is 2.90 bits per heavy atom. The van der Waals surface area contributed by atoms with Crippen LogP contribution in [0, 0.1) is 0 Å². The SMILES string of the molecule is COc1ccc2c(c1)nc(CCl)n2C1CCN(C)C1=O. The molecule has 1 aliphatic heterocycles. The molecule has 20 heavy (non-hydrogen) atoms. The number of hydrogen-bond donors (Lipinski definition) is 0. The lowest BCUT2D eigenvalue weighted by Gasteiger charge is -2.15. The van der Waals surface area contributed by atoms with Crippen LogP contribution in [0.2, 0.25) is 0 Å². The number of carbonyl (C=O) groups is 1. The first-order valence-electron chi connectivity index (χ1n) is 6.51.